The van der Waals surface area contributed by atoms with E-state index in [2.05, 4.69) is 15.3 Å². The Kier molecular flexibility index (Phi) is 3.52. The molecule has 3 rings (SSSR count). The van der Waals surface area contributed by atoms with Gasteiger partial charge in [-0.1, -0.05) is 11.6 Å². The molecule has 2 heterocycles. The van der Waals surface area contributed by atoms with Crippen LogP contribution in [0.1, 0.15) is 12.8 Å². The summed E-state index contributed by atoms with van der Waals surface area (Å²) in [5, 5.41) is 3.45. The van der Waals surface area contributed by atoms with E-state index in [1.165, 1.54) is 0 Å². The van der Waals surface area contributed by atoms with Crippen molar-refractivity contribution >= 4 is 23.5 Å². The molecule has 6 nitrogen and oxygen atoms in total. The van der Waals surface area contributed by atoms with Crippen LogP contribution >= 0.6 is 11.6 Å². The number of hydrogen-bond acceptors (Lipinski definition) is 5. The molecule has 19 heavy (non-hydrogen) atoms. The number of morpholine rings is 1. The highest BCUT2D eigenvalue weighted by Crippen LogP contribution is 2.20. The van der Waals surface area contributed by atoms with Crippen LogP contribution < -0.4 is 10.2 Å². The fourth-order valence-electron chi connectivity index (χ4n) is 1.98. The topological polar surface area (TPSA) is 67.4 Å². The SMILES string of the molecule is O=C(NC1CC1)C1CN(c2ncc(Cl)cn2)CCO1. The smallest absolute Gasteiger partial charge is 0.251 e. The molecule has 1 aromatic rings. The number of rotatable bonds is 3. The first-order chi connectivity index (χ1) is 9.22. The Morgan fingerprint density at radius 1 is 1.42 bits per heavy atom. The number of nitrogens with one attached hydrogen (secondary N) is 1. The Bertz CT molecular complexity index is 463. The summed E-state index contributed by atoms with van der Waals surface area (Å²) in [4.78, 5) is 22.2. The second kappa shape index (κ2) is 5.30. The van der Waals surface area contributed by atoms with Crippen molar-refractivity contribution in [2.75, 3.05) is 24.6 Å². The summed E-state index contributed by atoms with van der Waals surface area (Å²) in [6.07, 6.45) is 4.80. The molecule has 0 spiro atoms. The van der Waals surface area contributed by atoms with E-state index >= 15 is 0 Å². The fraction of sp³-hybridized carbons (Fsp3) is 0.583. The lowest BCUT2D eigenvalue weighted by atomic mass is 10.2. The van der Waals surface area contributed by atoms with Crippen LogP contribution in [0.25, 0.3) is 0 Å². The molecule has 1 aliphatic carbocycles. The Morgan fingerprint density at radius 2 is 2.16 bits per heavy atom. The monoisotopic (exact) mass is 282 g/mol. The Balaban J connectivity index is 1.63. The third kappa shape index (κ3) is 3.13. The van der Waals surface area contributed by atoms with Gasteiger partial charge in [0.1, 0.15) is 0 Å². The third-order valence-electron chi connectivity index (χ3n) is 3.17. The van der Waals surface area contributed by atoms with Gasteiger partial charge in [0.05, 0.1) is 30.6 Å². The zero-order valence-corrected chi connectivity index (χ0v) is 11.1. The first kappa shape index (κ1) is 12.6. The Labute approximate surface area is 116 Å². The number of ether oxygens (including phenoxy) is 1. The molecule has 0 aromatic carbocycles. The molecule has 1 atom stereocenters. The second-order valence-corrected chi connectivity index (χ2v) is 5.23. The van der Waals surface area contributed by atoms with Gasteiger partial charge in [-0.25, -0.2) is 9.97 Å². The predicted molar refractivity (Wildman–Crippen MR) is 70.2 cm³/mol. The van der Waals surface area contributed by atoms with E-state index in [0.29, 0.717) is 36.7 Å². The summed E-state index contributed by atoms with van der Waals surface area (Å²) in [6, 6.07) is 0.346. The number of carbonyl (C=O) groups is 1. The molecule has 1 saturated heterocycles. The maximum Gasteiger partial charge on any atom is 0.251 e. The van der Waals surface area contributed by atoms with Crippen LogP contribution in [0.2, 0.25) is 5.02 Å². The van der Waals surface area contributed by atoms with Gasteiger partial charge in [0.25, 0.3) is 5.91 Å². The largest absolute Gasteiger partial charge is 0.365 e. The quantitative estimate of drug-likeness (QED) is 0.880. The molecule has 2 aliphatic rings. The Hall–Kier alpha value is -1.40. The molecule has 0 radical (unpaired) electrons. The fourth-order valence-corrected chi connectivity index (χ4v) is 2.08. The lowest BCUT2D eigenvalue weighted by Gasteiger charge is -2.32. The third-order valence-corrected chi connectivity index (χ3v) is 3.37. The highest BCUT2D eigenvalue weighted by atomic mass is 35.5. The average Bonchev–Trinajstić information content (AvgIpc) is 3.24. The van der Waals surface area contributed by atoms with Crippen molar-refractivity contribution < 1.29 is 9.53 Å². The van der Waals surface area contributed by atoms with Gasteiger partial charge in [-0.3, -0.25) is 4.79 Å². The molecule has 1 aromatic heterocycles. The maximum atomic E-state index is 12.0. The van der Waals surface area contributed by atoms with Gasteiger partial charge in [-0.2, -0.15) is 0 Å². The van der Waals surface area contributed by atoms with Crippen LogP contribution in [0.5, 0.6) is 0 Å². The van der Waals surface area contributed by atoms with Crippen molar-refractivity contribution in [2.24, 2.45) is 0 Å². The number of halogens is 1. The van der Waals surface area contributed by atoms with Gasteiger partial charge in [0, 0.05) is 12.6 Å². The molecule has 1 amide bonds. The lowest BCUT2D eigenvalue weighted by Crippen LogP contribution is -2.50. The first-order valence-electron chi connectivity index (χ1n) is 6.37. The minimum Gasteiger partial charge on any atom is -0.365 e. The highest BCUT2D eigenvalue weighted by Gasteiger charge is 2.31. The summed E-state index contributed by atoms with van der Waals surface area (Å²) in [5.74, 6) is 0.540. The standard InChI is InChI=1S/C12H15ClN4O2/c13-8-5-14-12(15-6-8)17-3-4-19-10(7-17)11(18)16-9-1-2-9/h5-6,9-10H,1-4,7H2,(H,16,18). The van der Waals surface area contributed by atoms with E-state index in [9.17, 15) is 4.79 Å². The summed E-state index contributed by atoms with van der Waals surface area (Å²) < 4.78 is 5.51. The van der Waals surface area contributed by atoms with Gasteiger partial charge in [-0.05, 0) is 12.8 Å². The van der Waals surface area contributed by atoms with Gasteiger partial charge in [-0.15, -0.1) is 0 Å². The van der Waals surface area contributed by atoms with E-state index in [4.69, 9.17) is 16.3 Å². The van der Waals surface area contributed by atoms with E-state index in [1.807, 2.05) is 4.90 Å². The van der Waals surface area contributed by atoms with Crippen LogP contribution in [-0.4, -0.2) is 47.7 Å². The van der Waals surface area contributed by atoms with Crippen LogP contribution in [-0.2, 0) is 9.53 Å². The summed E-state index contributed by atoms with van der Waals surface area (Å²) in [6.45, 7) is 1.64. The van der Waals surface area contributed by atoms with E-state index < -0.39 is 6.10 Å². The number of hydrogen-bond donors (Lipinski definition) is 1. The van der Waals surface area contributed by atoms with Crippen molar-refractivity contribution in [3.63, 3.8) is 0 Å². The van der Waals surface area contributed by atoms with Crippen LogP contribution in [0, 0.1) is 0 Å². The molecule has 0 bridgehead atoms. The van der Waals surface area contributed by atoms with Gasteiger partial charge in [0.15, 0.2) is 6.10 Å². The lowest BCUT2D eigenvalue weighted by molar-refractivity contribution is -0.133. The molecule has 1 saturated carbocycles. The number of nitrogens with zero attached hydrogens (tertiary/aromatic N) is 3. The van der Waals surface area contributed by atoms with Crippen molar-refractivity contribution in [1.29, 1.82) is 0 Å². The van der Waals surface area contributed by atoms with Crippen molar-refractivity contribution in [3.05, 3.63) is 17.4 Å². The highest BCUT2D eigenvalue weighted by molar-refractivity contribution is 6.30. The van der Waals surface area contributed by atoms with E-state index in [-0.39, 0.29) is 5.91 Å². The molecular formula is C12H15ClN4O2. The summed E-state index contributed by atoms with van der Waals surface area (Å²) in [7, 11) is 0. The molecule has 1 N–H and O–H groups in total. The van der Waals surface area contributed by atoms with Crippen molar-refractivity contribution in [1.82, 2.24) is 15.3 Å². The van der Waals surface area contributed by atoms with Gasteiger partial charge in [0.2, 0.25) is 5.95 Å². The first-order valence-corrected chi connectivity index (χ1v) is 6.74. The van der Waals surface area contributed by atoms with E-state index in [1.54, 1.807) is 12.4 Å². The van der Waals surface area contributed by atoms with Gasteiger partial charge >= 0.3 is 0 Å². The normalized spacial score (nSPS) is 23.2. The minimum atomic E-state index is -0.450. The molecule has 1 unspecified atom stereocenters. The van der Waals surface area contributed by atoms with Crippen molar-refractivity contribution in [3.8, 4) is 0 Å². The maximum absolute atomic E-state index is 12.0. The Morgan fingerprint density at radius 3 is 2.84 bits per heavy atom. The minimum absolute atomic E-state index is 0.0406. The summed E-state index contributed by atoms with van der Waals surface area (Å²) >= 11 is 5.76. The molecule has 1 aliphatic heterocycles. The van der Waals surface area contributed by atoms with Crippen LogP contribution in [0.4, 0.5) is 5.95 Å². The summed E-state index contributed by atoms with van der Waals surface area (Å²) in [5.41, 5.74) is 0. The molecule has 7 heteroatoms. The van der Waals surface area contributed by atoms with Gasteiger partial charge < -0.3 is 15.0 Å². The zero-order chi connectivity index (χ0) is 13.2. The molecule has 2 fully saturated rings. The number of carbonyl (C=O) groups excluding carboxylic acids is 1. The average molecular weight is 283 g/mol. The van der Waals surface area contributed by atoms with Crippen molar-refractivity contribution in [2.45, 2.75) is 25.0 Å². The molecule has 102 valence electrons. The van der Waals surface area contributed by atoms with E-state index in [0.717, 1.165) is 12.8 Å². The predicted octanol–water partition coefficient (Wildman–Crippen LogP) is 0.614. The number of aromatic nitrogens is 2. The zero-order valence-electron chi connectivity index (χ0n) is 10.4. The molecular weight excluding hydrogens is 268 g/mol. The van der Waals surface area contributed by atoms with Crippen LogP contribution in [0.3, 0.4) is 0 Å². The van der Waals surface area contributed by atoms with Crippen LogP contribution in [0.15, 0.2) is 12.4 Å². The number of anilines is 1. The second-order valence-electron chi connectivity index (χ2n) is 4.79. The number of amides is 1.